The molecule has 2 aromatic rings. The summed E-state index contributed by atoms with van der Waals surface area (Å²) in [5.41, 5.74) is 2.82. The minimum Gasteiger partial charge on any atom is -0.490 e. The molecule has 2 heteroatoms. The molecule has 0 fully saturated rings. The maximum Gasteiger partial charge on any atom is 0.163 e. The van der Waals surface area contributed by atoms with Crippen LogP contribution < -0.4 is 0 Å². The van der Waals surface area contributed by atoms with E-state index in [1.54, 1.807) is 0 Å². The summed E-state index contributed by atoms with van der Waals surface area (Å²) in [7, 11) is 0. The Morgan fingerprint density at radius 1 is 0.950 bits per heavy atom. The van der Waals surface area contributed by atoms with Crippen LogP contribution >= 0.6 is 0 Å². The topological polar surface area (TPSA) is 26.3 Å². The predicted octanol–water partition coefficient (Wildman–Crippen LogP) is 4.07. The molecule has 100 valence electrons. The molecule has 0 N–H and O–H groups in total. The van der Waals surface area contributed by atoms with Gasteiger partial charge in [-0.25, -0.2) is 0 Å². The highest BCUT2D eigenvalue weighted by atomic mass is 16.5. The number of ether oxygens (including phenoxy) is 1. The molecule has 0 aliphatic carbocycles. The van der Waals surface area contributed by atoms with Crippen molar-refractivity contribution in [2.24, 2.45) is 0 Å². The third-order valence-corrected chi connectivity index (χ3v) is 3.70. The Labute approximate surface area is 118 Å². The van der Waals surface area contributed by atoms with Gasteiger partial charge in [0, 0.05) is 6.08 Å². The molecule has 0 spiro atoms. The lowest BCUT2D eigenvalue weighted by atomic mass is 9.88. The Kier molecular flexibility index (Phi) is 3.15. The normalized spacial score (nSPS) is 21.6. The highest BCUT2D eigenvalue weighted by molar-refractivity contribution is 5.91. The van der Waals surface area contributed by atoms with Gasteiger partial charge in [-0.05, 0) is 23.6 Å². The summed E-state index contributed by atoms with van der Waals surface area (Å²) >= 11 is 0. The highest BCUT2D eigenvalue weighted by Crippen LogP contribution is 2.33. The smallest absolute Gasteiger partial charge is 0.163 e. The van der Waals surface area contributed by atoms with Gasteiger partial charge in [0.2, 0.25) is 0 Å². The molecular formula is C18H16O2. The van der Waals surface area contributed by atoms with E-state index in [0.29, 0.717) is 6.42 Å². The van der Waals surface area contributed by atoms with E-state index in [4.69, 9.17) is 4.74 Å². The summed E-state index contributed by atoms with van der Waals surface area (Å²) in [6.45, 7) is 1.95. The van der Waals surface area contributed by atoms with Gasteiger partial charge in [-0.2, -0.15) is 0 Å². The molecule has 1 aliphatic heterocycles. The number of hydrogen-bond donors (Lipinski definition) is 0. The van der Waals surface area contributed by atoms with E-state index in [0.717, 1.165) is 11.1 Å². The van der Waals surface area contributed by atoms with Gasteiger partial charge in [-0.1, -0.05) is 54.6 Å². The van der Waals surface area contributed by atoms with Crippen LogP contribution in [0.5, 0.6) is 0 Å². The molecule has 1 heterocycles. The summed E-state index contributed by atoms with van der Waals surface area (Å²) in [6.07, 6.45) is 3.37. The fraction of sp³-hybridized carbons (Fsp3) is 0.167. The average molecular weight is 264 g/mol. The minimum absolute atomic E-state index is 0.103. The van der Waals surface area contributed by atoms with Crippen LogP contribution in [0.3, 0.4) is 0 Å². The van der Waals surface area contributed by atoms with Crippen LogP contribution in [-0.2, 0) is 15.1 Å². The molecule has 0 radical (unpaired) electrons. The van der Waals surface area contributed by atoms with Crippen molar-refractivity contribution in [1.29, 1.82) is 0 Å². The molecular weight excluding hydrogens is 248 g/mol. The van der Waals surface area contributed by atoms with Crippen molar-refractivity contribution < 1.29 is 9.53 Å². The second-order valence-electron chi connectivity index (χ2n) is 5.24. The summed E-state index contributed by atoms with van der Waals surface area (Å²) < 4.78 is 5.67. The number of allylic oxidation sites excluding steroid dienone is 1. The average Bonchev–Trinajstić information content (AvgIpc) is 2.48. The summed E-state index contributed by atoms with van der Waals surface area (Å²) in [5.74, 6) is 0.103. The van der Waals surface area contributed by atoms with E-state index in [-0.39, 0.29) is 5.78 Å². The van der Waals surface area contributed by atoms with E-state index in [1.807, 2.05) is 37.3 Å². The number of carbonyl (C=O) groups is 1. The largest absolute Gasteiger partial charge is 0.490 e. The monoisotopic (exact) mass is 264 g/mol. The number of rotatable bonds is 2. The molecule has 0 saturated carbocycles. The first-order valence-corrected chi connectivity index (χ1v) is 6.71. The predicted molar refractivity (Wildman–Crippen MR) is 79.1 cm³/mol. The molecule has 3 rings (SSSR count). The van der Waals surface area contributed by atoms with Gasteiger partial charge in [0.25, 0.3) is 0 Å². The molecule has 2 nitrogen and oxygen atoms in total. The lowest BCUT2D eigenvalue weighted by molar-refractivity contribution is -0.122. The Balaban J connectivity index is 1.90. The Morgan fingerprint density at radius 2 is 1.60 bits per heavy atom. The molecule has 0 aromatic heterocycles. The van der Waals surface area contributed by atoms with Crippen molar-refractivity contribution in [1.82, 2.24) is 0 Å². The molecule has 0 amide bonds. The summed E-state index contributed by atoms with van der Waals surface area (Å²) in [4.78, 5) is 11.6. The van der Waals surface area contributed by atoms with Crippen molar-refractivity contribution in [3.8, 4) is 11.1 Å². The zero-order chi connectivity index (χ0) is 14.0. The SMILES string of the molecule is CC1(c2ccc(-c3ccccc3)cc2)CC(=O)C=CO1. The molecule has 1 unspecified atom stereocenters. The Hall–Kier alpha value is -2.35. The van der Waals surface area contributed by atoms with Crippen LogP contribution in [0.4, 0.5) is 0 Å². The number of carbonyl (C=O) groups excluding carboxylic acids is 1. The second kappa shape index (κ2) is 4.97. The van der Waals surface area contributed by atoms with Crippen LogP contribution in [0.25, 0.3) is 11.1 Å². The van der Waals surface area contributed by atoms with E-state index < -0.39 is 5.60 Å². The number of benzene rings is 2. The van der Waals surface area contributed by atoms with Gasteiger partial charge in [-0.3, -0.25) is 4.79 Å². The molecule has 2 aromatic carbocycles. The summed E-state index contributed by atoms with van der Waals surface area (Å²) in [6, 6.07) is 18.4. The van der Waals surface area contributed by atoms with Crippen LogP contribution in [0.1, 0.15) is 18.9 Å². The zero-order valence-corrected chi connectivity index (χ0v) is 11.4. The minimum atomic E-state index is -0.555. The third kappa shape index (κ3) is 2.37. The van der Waals surface area contributed by atoms with E-state index >= 15 is 0 Å². The Morgan fingerprint density at radius 3 is 2.25 bits per heavy atom. The van der Waals surface area contributed by atoms with Gasteiger partial charge in [0.05, 0.1) is 12.7 Å². The van der Waals surface area contributed by atoms with Crippen molar-refractivity contribution in [2.45, 2.75) is 18.9 Å². The molecule has 1 aliphatic rings. The Bertz CT molecular complexity index is 641. The maximum atomic E-state index is 11.6. The van der Waals surface area contributed by atoms with Gasteiger partial charge < -0.3 is 4.74 Å². The van der Waals surface area contributed by atoms with E-state index in [9.17, 15) is 4.79 Å². The van der Waals surface area contributed by atoms with Crippen LogP contribution in [0.15, 0.2) is 66.9 Å². The van der Waals surface area contributed by atoms with Crippen molar-refractivity contribution in [3.63, 3.8) is 0 Å². The standard InChI is InChI=1S/C18H16O2/c1-18(13-17(19)11-12-20-18)16-9-7-15(8-10-16)14-5-3-2-4-6-14/h2-12H,13H2,1H3. The van der Waals surface area contributed by atoms with Crippen LogP contribution in [0.2, 0.25) is 0 Å². The van der Waals surface area contributed by atoms with Gasteiger partial charge in [0.15, 0.2) is 5.78 Å². The van der Waals surface area contributed by atoms with E-state index in [1.165, 1.54) is 17.9 Å². The quantitative estimate of drug-likeness (QED) is 0.817. The zero-order valence-electron chi connectivity index (χ0n) is 11.4. The highest BCUT2D eigenvalue weighted by Gasteiger charge is 2.32. The third-order valence-electron chi connectivity index (χ3n) is 3.70. The van der Waals surface area contributed by atoms with Gasteiger partial charge in [-0.15, -0.1) is 0 Å². The first-order chi connectivity index (χ1) is 9.67. The van der Waals surface area contributed by atoms with Crippen molar-refractivity contribution in [3.05, 3.63) is 72.5 Å². The number of hydrogen-bond acceptors (Lipinski definition) is 2. The fourth-order valence-corrected chi connectivity index (χ4v) is 2.51. The van der Waals surface area contributed by atoms with Gasteiger partial charge in [0.1, 0.15) is 5.60 Å². The lowest BCUT2D eigenvalue weighted by Gasteiger charge is -2.31. The van der Waals surface area contributed by atoms with Crippen molar-refractivity contribution in [2.75, 3.05) is 0 Å². The molecule has 0 bridgehead atoms. The fourth-order valence-electron chi connectivity index (χ4n) is 2.51. The first kappa shape index (κ1) is 12.7. The second-order valence-corrected chi connectivity index (χ2v) is 5.24. The van der Waals surface area contributed by atoms with Gasteiger partial charge >= 0.3 is 0 Å². The van der Waals surface area contributed by atoms with Crippen molar-refractivity contribution >= 4 is 5.78 Å². The summed E-state index contributed by atoms with van der Waals surface area (Å²) in [5, 5.41) is 0. The molecule has 20 heavy (non-hydrogen) atoms. The van der Waals surface area contributed by atoms with E-state index in [2.05, 4.69) is 24.3 Å². The van der Waals surface area contributed by atoms with Crippen LogP contribution in [0, 0.1) is 0 Å². The first-order valence-electron chi connectivity index (χ1n) is 6.71. The maximum absolute atomic E-state index is 11.6. The van der Waals surface area contributed by atoms with Crippen LogP contribution in [-0.4, -0.2) is 5.78 Å². The molecule has 1 atom stereocenters. The molecule has 0 saturated heterocycles. The lowest BCUT2D eigenvalue weighted by Crippen LogP contribution is -2.29. The number of ketones is 1.